The van der Waals surface area contributed by atoms with Crippen molar-refractivity contribution in [2.75, 3.05) is 11.9 Å². The van der Waals surface area contributed by atoms with E-state index in [9.17, 15) is 14.4 Å². The van der Waals surface area contributed by atoms with Gasteiger partial charge in [0.2, 0.25) is 0 Å². The van der Waals surface area contributed by atoms with Crippen molar-refractivity contribution in [3.8, 4) is 0 Å². The van der Waals surface area contributed by atoms with Crippen LogP contribution in [-0.2, 0) is 14.3 Å². The molecule has 0 unspecified atom stereocenters. The first-order valence-electron chi connectivity index (χ1n) is 8.35. The van der Waals surface area contributed by atoms with Crippen molar-refractivity contribution in [1.29, 1.82) is 0 Å². The van der Waals surface area contributed by atoms with E-state index in [1.807, 2.05) is 0 Å². The Morgan fingerprint density at radius 3 is 2.56 bits per heavy atom. The molecule has 0 saturated heterocycles. The summed E-state index contributed by atoms with van der Waals surface area (Å²) in [6.45, 7) is 4.90. The Bertz CT molecular complexity index is 821. The highest BCUT2D eigenvalue weighted by Crippen LogP contribution is 2.22. The molecule has 8 heteroatoms. The molecule has 2 N–H and O–H groups in total. The number of hydrogen-bond acceptors (Lipinski definition) is 5. The van der Waals surface area contributed by atoms with Gasteiger partial charge < -0.3 is 15.4 Å². The largest absolute Gasteiger partial charge is 0.454 e. The molecule has 0 bridgehead atoms. The van der Waals surface area contributed by atoms with E-state index in [0.717, 1.165) is 5.56 Å². The fourth-order valence-electron chi connectivity index (χ4n) is 2.27. The van der Waals surface area contributed by atoms with Crippen molar-refractivity contribution >= 4 is 46.4 Å². The highest BCUT2D eigenvalue weighted by molar-refractivity contribution is 7.12. The first-order valence-corrected chi connectivity index (χ1v) is 9.61. The van der Waals surface area contributed by atoms with Crippen molar-refractivity contribution in [3.05, 3.63) is 51.2 Å². The van der Waals surface area contributed by atoms with Crippen LogP contribution in [0.15, 0.2) is 35.7 Å². The van der Waals surface area contributed by atoms with E-state index in [-0.39, 0.29) is 11.8 Å². The second-order valence-corrected chi connectivity index (χ2v) is 7.60. The second-order valence-electron chi connectivity index (χ2n) is 6.24. The van der Waals surface area contributed by atoms with Crippen LogP contribution in [-0.4, -0.2) is 30.4 Å². The van der Waals surface area contributed by atoms with Crippen LogP contribution < -0.4 is 10.6 Å². The third kappa shape index (κ3) is 5.80. The Balaban J connectivity index is 1.92. The van der Waals surface area contributed by atoms with Crippen LogP contribution in [0.4, 0.5) is 5.69 Å². The van der Waals surface area contributed by atoms with Crippen LogP contribution in [0.2, 0.25) is 5.02 Å². The fourth-order valence-corrected chi connectivity index (χ4v) is 3.07. The molecule has 0 fully saturated rings. The van der Waals surface area contributed by atoms with E-state index in [2.05, 4.69) is 10.6 Å². The Labute approximate surface area is 166 Å². The standard InChI is InChI=1S/C19H21ClN2O4S/c1-11(2)17(22-18(24)15-8-5-9-27-15)19(25)26-10-16(23)21-14-7-4-6-13(20)12(14)3/h4-9,11,17H,10H2,1-3H3,(H,21,23)(H,22,24)/t17-/m1/s1. The number of hydrogen-bond donors (Lipinski definition) is 2. The third-order valence-corrected chi connectivity index (χ3v) is 5.12. The van der Waals surface area contributed by atoms with Crippen molar-refractivity contribution in [1.82, 2.24) is 5.32 Å². The lowest BCUT2D eigenvalue weighted by Gasteiger charge is -2.20. The van der Waals surface area contributed by atoms with Gasteiger partial charge in [0.15, 0.2) is 6.61 Å². The van der Waals surface area contributed by atoms with Crippen molar-refractivity contribution in [2.24, 2.45) is 5.92 Å². The topological polar surface area (TPSA) is 84.5 Å². The average molecular weight is 409 g/mol. The summed E-state index contributed by atoms with van der Waals surface area (Å²) >= 11 is 7.30. The second kappa shape index (κ2) is 9.53. The van der Waals surface area contributed by atoms with Gasteiger partial charge in [-0.15, -0.1) is 11.3 Å². The molecule has 144 valence electrons. The Kier molecular flexibility index (Phi) is 7.38. The van der Waals surface area contributed by atoms with E-state index in [1.54, 1.807) is 56.5 Å². The highest BCUT2D eigenvalue weighted by Gasteiger charge is 2.27. The highest BCUT2D eigenvalue weighted by atomic mass is 35.5. The molecule has 0 aliphatic carbocycles. The van der Waals surface area contributed by atoms with Gasteiger partial charge in [-0.2, -0.15) is 0 Å². The Morgan fingerprint density at radius 2 is 1.93 bits per heavy atom. The summed E-state index contributed by atoms with van der Waals surface area (Å²) in [7, 11) is 0. The number of ether oxygens (including phenoxy) is 1. The first kappa shape index (κ1) is 20.9. The van der Waals surface area contributed by atoms with Gasteiger partial charge in [0.1, 0.15) is 6.04 Å². The van der Waals surface area contributed by atoms with E-state index < -0.39 is 24.5 Å². The molecular weight excluding hydrogens is 388 g/mol. The van der Waals surface area contributed by atoms with Gasteiger partial charge in [-0.05, 0) is 42.0 Å². The third-order valence-electron chi connectivity index (χ3n) is 3.84. The van der Waals surface area contributed by atoms with Crippen molar-refractivity contribution in [2.45, 2.75) is 26.8 Å². The molecule has 2 amide bonds. The maximum Gasteiger partial charge on any atom is 0.329 e. The number of rotatable bonds is 7. The minimum atomic E-state index is -0.847. The molecule has 1 atom stereocenters. The van der Waals surface area contributed by atoms with Crippen LogP contribution in [0.5, 0.6) is 0 Å². The van der Waals surface area contributed by atoms with Gasteiger partial charge in [-0.1, -0.05) is 37.6 Å². The van der Waals surface area contributed by atoms with Crippen LogP contribution in [0.3, 0.4) is 0 Å². The number of carbonyl (C=O) groups excluding carboxylic acids is 3. The molecule has 2 aromatic rings. The number of halogens is 1. The van der Waals surface area contributed by atoms with Gasteiger partial charge >= 0.3 is 5.97 Å². The molecule has 1 aromatic carbocycles. The molecule has 0 aliphatic heterocycles. The molecule has 27 heavy (non-hydrogen) atoms. The van der Waals surface area contributed by atoms with Crippen LogP contribution in [0.1, 0.15) is 29.1 Å². The quantitative estimate of drug-likeness (QED) is 0.685. The fraction of sp³-hybridized carbons (Fsp3) is 0.316. The van der Waals surface area contributed by atoms with E-state index in [4.69, 9.17) is 16.3 Å². The maximum absolute atomic E-state index is 12.3. The van der Waals surface area contributed by atoms with Crippen LogP contribution in [0.25, 0.3) is 0 Å². The number of esters is 1. The summed E-state index contributed by atoms with van der Waals surface area (Å²) in [6.07, 6.45) is 0. The summed E-state index contributed by atoms with van der Waals surface area (Å²) in [4.78, 5) is 37.1. The predicted octanol–water partition coefficient (Wildman–Crippen LogP) is 3.65. The zero-order valence-electron chi connectivity index (χ0n) is 15.2. The smallest absolute Gasteiger partial charge is 0.329 e. The summed E-state index contributed by atoms with van der Waals surface area (Å²) in [5.74, 6) is -1.69. The summed E-state index contributed by atoms with van der Waals surface area (Å²) < 4.78 is 5.09. The first-order chi connectivity index (χ1) is 12.8. The lowest BCUT2D eigenvalue weighted by molar-refractivity contribution is -0.150. The SMILES string of the molecule is Cc1c(Cl)cccc1NC(=O)COC(=O)[C@H](NC(=O)c1cccs1)C(C)C. The molecule has 0 radical (unpaired) electrons. The minimum Gasteiger partial charge on any atom is -0.454 e. The van der Waals surface area contributed by atoms with Gasteiger partial charge in [0.05, 0.1) is 4.88 Å². The molecule has 0 saturated carbocycles. The monoisotopic (exact) mass is 408 g/mol. The van der Waals surface area contributed by atoms with Gasteiger partial charge in [0, 0.05) is 10.7 Å². The molecule has 0 spiro atoms. The van der Waals surface area contributed by atoms with Crippen molar-refractivity contribution in [3.63, 3.8) is 0 Å². The van der Waals surface area contributed by atoms with Crippen LogP contribution in [0, 0.1) is 12.8 Å². The molecule has 2 rings (SSSR count). The summed E-state index contributed by atoms with van der Waals surface area (Å²) in [5, 5.41) is 7.61. The minimum absolute atomic E-state index is 0.195. The summed E-state index contributed by atoms with van der Waals surface area (Å²) in [6, 6.07) is 7.72. The van der Waals surface area contributed by atoms with Gasteiger partial charge in [0.25, 0.3) is 11.8 Å². The Morgan fingerprint density at radius 1 is 1.19 bits per heavy atom. The molecule has 1 aromatic heterocycles. The van der Waals surface area contributed by atoms with E-state index >= 15 is 0 Å². The van der Waals surface area contributed by atoms with E-state index in [1.165, 1.54) is 11.3 Å². The zero-order valence-corrected chi connectivity index (χ0v) is 16.8. The lowest BCUT2D eigenvalue weighted by Crippen LogP contribution is -2.45. The van der Waals surface area contributed by atoms with Gasteiger partial charge in [-0.3, -0.25) is 9.59 Å². The number of anilines is 1. The average Bonchev–Trinajstić information content (AvgIpc) is 3.16. The Hall–Kier alpha value is -2.38. The lowest BCUT2D eigenvalue weighted by atomic mass is 10.0. The summed E-state index contributed by atoms with van der Waals surface area (Å²) in [5.41, 5.74) is 1.28. The number of amides is 2. The molecule has 6 nitrogen and oxygen atoms in total. The molecule has 0 aliphatic rings. The number of nitrogens with one attached hydrogen (secondary N) is 2. The maximum atomic E-state index is 12.3. The number of carbonyl (C=O) groups is 3. The predicted molar refractivity (Wildman–Crippen MR) is 106 cm³/mol. The van der Waals surface area contributed by atoms with Crippen molar-refractivity contribution < 1.29 is 19.1 Å². The number of benzene rings is 1. The number of thiophene rings is 1. The van der Waals surface area contributed by atoms with Crippen LogP contribution >= 0.6 is 22.9 Å². The van der Waals surface area contributed by atoms with E-state index in [0.29, 0.717) is 15.6 Å². The molecule has 1 heterocycles. The normalized spacial score (nSPS) is 11.7. The molecular formula is C19H21ClN2O4S. The van der Waals surface area contributed by atoms with Gasteiger partial charge in [-0.25, -0.2) is 4.79 Å². The zero-order chi connectivity index (χ0) is 20.0.